The minimum Gasteiger partial charge on any atom is -0.274 e. The zero-order valence-electron chi connectivity index (χ0n) is 20.1. The number of aryl methyl sites for hydroxylation is 1. The monoisotopic (exact) mass is 498 g/mol. The molecule has 2 heterocycles. The average molecular weight is 499 g/mol. The zero-order chi connectivity index (χ0) is 24.8. The molecule has 1 aliphatic heterocycles. The van der Waals surface area contributed by atoms with Crippen LogP contribution in [-0.4, -0.2) is 16.8 Å². The Balaban J connectivity index is 1.19. The molecular weight excluding hydrogens is 476 g/mol. The van der Waals surface area contributed by atoms with Crippen LogP contribution in [0.4, 0.5) is 5.69 Å². The molecule has 1 fully saturated rings. The third kappa shape index (κ3) is 2.80. The summed E-state index contributed by atoms with van der Waals surface area (Å²) in [5.74, 6) is -1.08. The molecule has 4 aromatic carbocycles. The van der Waals surface area contributed by atoms with Gasteiger partial charge in [0, 0.05) is 17.4 Å². The van der Waals surface area contributed by atoms with Crippen LogP contribution >= 0.6 is 11.3 Å². The van der Waals surface area contributed by atoms with Crippen LogP contribution < -0.4 is 4.90 Å². The van der Waals surface area contributed by atoms with Crippen LogP contribution in [-0.2, 0) is 9.59 Å². The molecule has 4 aliphatic rings. The van der Waals surface area contributed by atoms with E-state index in [2.05, 4.69) is 43.3 Å². The third-order valence-electron chi connectivity index (χ3n) is 8.36. The summed E-state index contributed by atoms with van der Waals surface area (Å²) in [6.45, 7) is 2.08. The van der Waals surface area contributed by atoms with Gasteiger partial charge in [0.2, 0.25) is 11.8 Å². The van der Waals surface area contributed by atoms with Gasteiger partial charge in [0.15, 0.2) is 0 Å². The number of fused-ring (bicyclic) bond motifs is 1. The number of imide groups is 1. The first-order valence-corrected chi connectivity index (χ1v) is 13.4. The quantitative estimate of drug-likeness (QED) is 0.256. The van der Waals surface area contributed by atoms with Gasteiger partial charge in [-0.25, -0.2) is 9.88 Å². The van der Waals surface area contributed by atoms with E-state index >= 15 is 0 Å². The molecule has 0 saturated carbocycles. The molecule has 2 atom stereocenters. The molecule has 9 rings (SSSR count). The highest BCUT2D eigenvalue weighted by molar-refractivity contribution is 7.21. The standard InChI is InChI=1S/C32H22N2O2S/c1-17-10-15-24-25(16-17)37-30(33-24)18-11-13-19(14-12-18)34-31(35)28-26-20-6-2-3-7-21(20)27(29(28)32(34)36)23-9-5-4-8-22(23)26/h2-16,26-29H,1H3/t26?,27?,28-,29+. The molecule has 5 heteroatoms. The maximum absolute atomic E-state index is 14.0. The normalized spacial score (nSPS) is 23.3. The van der Waals surface area contributed by atoms with Crippen LogP contribution in [0.15, 0.2) is 91.0 Å². The van der Waals surface area contributed by atoms with E-state index in [1.54, 1.807) is 11.3 Å². The van der Waals surface area contributed by atoms with Crippen LogP contribution in [0, 0.1) is 18.8 Å². The maximum Gasteiger partial charge on any atom is 0.238 e. The van der Waals surface area contributed by atoms with Crippen LogP contribution in [0.2, 0.25) is 0 Å². The number of carbonyl (C=O) groups is 2. The van der Waals surface area contributed by atoms with Crippen molar-refractivity contribution in [3.63, 3.8) is 0 Å². The van der Waals surface area contributed by atoms with Gasteiger partial charge in [0.25, 0.3) is 0 Å². The van der Waals surface area contributed by atoms with Crippen molar-refractivity contribution in [2.45, 2.75) is 18.8 Å². The highest BCUT2D eigenvalue weighted by atomic mass is 32.1. The zero-order valence-corrected chi connectivity index (χ0v) is 20.9. The molecular formula is C32H22N2O2S. The molecule has 0 spiro atoms. The summed E-state index contributed by atoms with van der Waals surface area (Å²) in [5.41, 5.74) is 8.58. The van der Waals surface area contributed by atoms with Crippen molar-refractivity contribution < 1.29 is 9.59 Å². The van der Waals surface area contributed by atoms with E-state index in [-0.39, 0.29) is 35.5 Å². The lowest BCUT2D eigenvalue weighted by molar-refractivity contribution is -0.122. The molecule has 1 aromatic heterocycles. The predicted molar refractivity (Wildman–Crippen MR) is 146 cm³/mol. The van der Waals surface area contributed by atoms with Crippen molar-refractivity contribution in [3.05, 3.63) is 119 Å². The predicted octanol–water partition coefficient (Wildman–Crippen LogP) is 6.67. The van der Waals surface area contributed by atoms with E-state index in [0.29, 0.717) is 5.69 Å². The molecule has 178 valence electrons. The van der Waals surface area contributed by atoms with Crippen LogP contribution in [0.1, 0.15) is 39.7 Å². The summed E-state index contributed by atoms with van der Waals surface area (Å²) in [7, 11) is 0. The van der Waals surface area contributed by atoms with Gasteiger partial charge < -0.3 is 0 Å². The second kappa shape index (κ2) is 7.46. The topological polar surface area (TPSA) is 50.3 Å². The first kappa shape index (κ1) is 21.0. The summed E-state index contributed by atoms with van der Waals surface area (Å²) < 4.78 is 1.16. The molecule has 37 heavy (non-hydrogen) atoms. The summed E-state index contributed by atoms with van der Waals surface area (Å²) in [6, 6.07) is 30.7. The Hall–Kier alpha value is -4.09. The molecule has 0 unspecified atom stereocenters. The number of thiazole rings is 1. The summed E-state index contributed by atoms with van der Waals surface area (Å²) in [4.78, 5) is 34.1. The third-order valence-corrected chi connectivity index (χ3v) is 9.43. The summed E-state index contributed by atoms with van der Waals surface area (Å²) in [6.07, 6.45) is 0. The smallest absolute Gasteiger partial charge is 0.238 e. The number of carbonyl (C=O) groups excluding carboxylic acids is 2. The molecule has 3 aliphatic carbocycles. The lowest BCUT2D eigenvalue weighted by atomic mass is 9.55. The number of benzene rings is 4. The molecule has 4 nitrogen and oxygen atoms in total. The van der Waals surface area contributed by atoms with Crippen LogP contribution in [0.5, 0.6) is 0 Å². The molecule has 1 saturated heterocycles. The molecule has 2 bridgehead atoms. The Labute approximate surface area is 218 Å². The van der Waals surface area contributed by atoms with Gasteiger partial charge in [-0.1, -0.05) is 54.6 Å². The summed E-state index contributed by atoms with van der Waals surface area (Å²) >= 11 is 1.66. The fourth-order valence-corrected chi connectivity index (χ4v) is 7.91. The van der Waals surface area contributed by atoms with Crippen molar-refractivity contribution in [1.82, 2.24) is 4.98 Å². The molecule has 0 radical (unpaired) electrons. The van der Waals surface area contributed by atoms with Gasteiger partial charge in [-0.3, -0.25) is 9.59 Å². The Kier molecular flexibility index (Phi) is 4.24. The number of aromatic nitrogens is 1. The van der Waals surface area contributed by atoms with Crippen molar-refractivity contribution >= 4 is 39.1 Å². The largest absolute Gasteiger partial charge is 0.274 e. The molecule has 0 N–H and O–H groups in total. The van der Waals surface area contributed by atoms with Gasteiger partial charge >= 0.3 is 0 Å². The van der Waals surface area contributed by atoms with Crippen LogP contribution in [0.25, 0.3) is 20.8 Å². The van der Waals surface area contributed by atoms with E-state index in [0.717, 1.165) is 20.8 Å². The van der Waals surface area contributed by atoms with Gasteiger partial charge in [-0.05, 0) is 71.1 Å². The second-order valence-electron chi connectivity index (χ2n) is 10.3. The number of anilines is 1. The van der Waals surface area contributed by atoms with Crippen molar-refractivity contribution in [2.24, 2.45) is 11.8 Å². The Morgan fingerprint density at radius 2 is 1.24 bits per heavy atom. The summed E-state index contributed by atoms with van der Waals surface area (Å²) in [5, 5.41) is 0.934. The van der Waals surface area contributed by atoms with Crippen molar-refractivity contribution in [2.75, 3.05) is 4.90 Å². The lowest BCUT2D eigenvalue weighted by Gasteiger charge is -2.45. The van der Waals surface area contributed by atoms with E-state index in [4.69, 9.17) is 4.98 Å². The molecule has 2 amide bonds. The van der Waals surface area contributed by atoms with Crippen molar-refractivity contribution in [1.29, 1.82) is 0 Å². The number of amides is 2. The average Bonchev–Trinajstić information content (AvgIpc) is 3.47. The van der Waals surface area contributed by atoms with Crippen LogP contribution in [0.3, 0.4) is 0 Å². The van der Waals surface area contributed by atoms with Gasteiger partial charge in [0.05, 0.1) is 27.7 Å². The fraction of sp³-hybridized carbons (Fsp3) is 0.156. The number of rotatable bonds is 2. The number of nitrogens with zero attached hydrogens (tertiary/aromatic N) is 2. The first-order valence-electron chi connectivity index (χ1n) is 12.6. The van der Waals surface area contributed by atoms with Gasteiger partial charge in [0.1, 0.15) is 5.01 Å². The number of hydrogen-bond acceptors (Lipinski definition) is 4. The number of hydrogen-bond donors (Lipinski definition) is 0. The first-order chi connectivity index (χ1) is 18.1. The SMILES string of the molecule is Cc1ccc2nc(-c3ccc(N4C(=O)[C@@H]5C6c7ccccc7C(c7ccccc76)[C@@H]5C4=O)cc3)sc2c1. The highest BCUT2D eigenvalue weighted by Gasteiger charge is 2.61. The Morgan fingerprint density at radius 3 is 1.78 bits per heavy atom. The fourth-order valence-electron chi connectivity index (χ4n) is 6.84. The minimum absolute atomic E-state index is 0.0859. The van der Waals surface area contributed by atoms with E-state index in [1.807, 2.05) is 54.6 Å². The van der Waals surface area contributed by atoms with Crippen molar-refractivity contribution in [3.8, 4) is 10.6 Å². The lowest BCUT2D eigenvalue weighted by Crippen LogP contribution is -2.41. The van der Waals surface area contributed by atoms with Gasteiger partial charge in [-0.15, -0.1) is 11.3 Å². The molecule has 5 aromatic rings. The maximum atomic E-state index is 14.0. The van der Waals surface area contributed by atoms with E-state index < -0.39 is 0 Å². The van der Waals surface area contributed by atoms with E-state index in [1.165, 1.54) is 32.7 Å². The minimum atomic E-state index is -0.366. The highest BCUT2D eigenvalue weighted by Crippen LogP contribution is 2.61. The second-order valence-corrected chi connectivity index (χ2v) is 11.3. The van der Waals surface area contributed by atoms with E-state index in [9.17, 15) is 9.59 Å². The Morgan fingerprint density at radius 1 is 0.703 bits per heavy atom. The van der Waals surface area contributed by atoms with Gasteiger partial charge in [-0.2, -0.15) is 0 Å². The Bertz CT molecular complexity index is 1650.